The lowest BCUT2D eigenvalue weighted by Gasteiger charge is -2.24. The molecule has 0 spiro atoms. The second kappa shape index (κ2) is 17.1. The van der Waals surface area contributed by atoms with Crippen molar-refractivity contribution < 1.29 is 49.4 Å². The fourth-order valence-corrected chi connectivity index (χ4v) is 4.69. The van der Waals surface area contributed by atoms with Crippen LogP contribution in [0.1, 0.15) is 42.5 Å². The van der Waals surface area contributed by atoms with Gasteiger partial charge in [0.1, 0.15) is 24.7 Å². The molecule has 1 aromatic rings. The third-order valence-electron chi connectivity index (χ3n) is 5.73. The summed E-state index contributed by atoms with van der Waals surface area (Å²) >= 11 is 0.938. The number of thioether (sulfide) groups is 1. The molecule has 4 amide bonds. The van der Waals surface area contributed by atoms with E-state index in [-0.39, 0.29) is 29.1 Å². The largest absolute Gasteiger partial charge is 0.481 e. The highest BCUT2D eigenvalue weighted by Crippen LogP contribution is 2.28. The number of terminal acetylenes is 1. The Morgan fingerprint density at radius 2 is 1.88 bits per heavy atom. The zero-order valence-corrected chi connectivity index (χ0v) is 22.9. The number of nitrogens with two attached hydrogens (primary N) is 2. The summed E-state index contributed by atoms with van der Waals surface area (Å²) in [4.78, 5) is 83.0. The lowest BCUT2D eigenvalue weighted by atomic mass is 10.1. The number of carboxylic acids is 1. The van der Waals surface area contributed by atoms with Crippen molar-refractivity contribution in [2.24, 2.45) is 5.73 Å². The lowest BCUT2D eigenvalue weighted by Crippen LogP contribution is -2.82. The van der Waals surface area contributed by atoms with E-state index in [4.69, 9.17) is 22.3 Å². The molecular formula is C25H29N6O10S+. The Morgan fingerprint density at radius 1 is 1.17 bits per heavy atom. The molecular weight excluding hydrogens is 576 g/mol. The predicted molar refractivity (Wildman–Crippen MR) is 144 cm³/mol. The minimum absolute atomic E-state index is 0.0911. The SMILES string of the molecule is C#CC#COO[NH2+]CCCCC1NC(=O)[C@H](CCC(=O)O)NC(=O)c2cc([N+](=O)[O-])ccc2SC[C@@H](C(N)=O)NC1=O. The second-order valence-electron chi connectivity index (χ2n) is 8.73. The van der Waals surface area contributed by atoms with Crippen molar-refractivity contribution in [1.82, 2.24) is 16.0 Å². The average molecular weight is 606 g/mol. The van der Waals surface area contributed by atoms with E-state index in [9.17, 15) is 34.1 Å². The molecule has 0 saturated carbocycles. The molecule has 17 heteroatoms. The number of unbranched alkanes of at least 4 members (excludes halogenated alkanes) is 1. The molecule has 1 aromatic carbocycles. The minimum atomic E-state index is -1.41. The number of amides is 4. The summed E-state index contributed by atoms with van der Waals surface area (Å²) in [5.74, 6) is -0.516. The molecule has 0 radical (unpaired) electrons. The molecule has 3 atom stereocenters. The topological polar surface area (TPSA) is 246 Å². The molecule has 1 unspecified atom stereocenters. The molecule has 1 heterocycles. The van der Waals surface area contributed by atoms with Gasteiger partial charge >= 0.3 is 5.97 Å². The molecule has 0 aliphatic carbocycles. The number of nitro benzene ring substituents is 1. The normalized spacial score (nSPS) is 18.9. The number of hydroxylamine groups is 1. The van der Waals surface area contributed by atoms with Crippen LogP contribution in [0.5, 0.6) is 0 Å². The number of carbonyl (C=O) groups is 5. The Hall–Kier alpha value is -4.84. The van der Waals surface area contributed by atoms with Gasteiger partial charge in [0.15, 0.2) is 6.11 Å². The molecule has 0 saturated heterocycles. The van der Waals surface area contributed by atoms with E-state index in [1.54, 1.807) is 0 Å². The number of aliphatic carboxylic acids is 1. The molecule has 0 fully saturated rings. The number of hydrogen-bond donors (Lipinski definition) is 6. The quantitative estimate of drug-likeness (QED) is 0.0516. The van der Waals surface area contributed by atoms with Gasteiger partial charge in [-0.2, -0.15) is 5.48 Å². The first kappa shape index (κ1) is 33.4. The molecule has 0 aromatic heterocycles. The minimum Gasteiger partial charge on any atom is -0.481 e. The van der Waals surface area contributed by atoms with E-state index >= 15 is 0 Å². The first-order valence-electron chi connectivity index (χ1n) is 12.5. The highest BCUT2D eigenvalue weighted by Gasteiger charge is 2.31. The maximum absolute atomic E-state index is 13.2. The van der Waals surface area contributed by atoms with Gasteiger partial charge in [0, 0.05) is 40.1 Å². The van der Waals surface area contributed by atoms with Gasteiger partial charge in [-0.15, -0.1) is 18.2 Å². The van der Waals surface area contributed by atoms with E-state index in [0.717, 1.165) is 23.9 Å². The molecule has 224 valence electrons. The Labute approximate surface area is 243 Å². The van der Waals surface area contributed by atoms with Crippen LogP contribution in [-0.2, 0) is 29.1 Å². The Balaban J connectivity index is 2.30. The third-order valence-corrected chi connectivity index (χ3v) is 6.90. The fourth-order valence-electron chi connectivity index (χ4n) is 3.62. The molecule has 42 heavy (non-hydrogen) atoms. The van der Waals surface area contributed by atoms with Crippen molar-refractivity contribution in [2.75, 3.05) is 12.3 Å². The van der Waals surface area contributed by atoms with Crippen LogP contribution in [0.4, 0.5) is 5.69 Å². The van der Waals surface area contributed by atoms with Crippen LogP contribution >= 0.6 is 11.8 Å². The van der Waals surface area contributed by atoms with Crippen LogP contribution in [0, 0.1) is 34.5 Å². The number of quaternary nitrogens is 1. The molecule has 2 rings (SSSR count). The van der Waals surface area contributed by atoms with Crippen LogP contribution in [0.25, 0.3) is 0 Å². The fraction of sp³-hybridized carbons (Fsp3) is 0.400. The van der Waals surface area contributed by atoms with E-state index in [2.05, 4.69) is 32.9 Å². The zero-order valence-electron chi connectivity index (χ0n) is 22.1. The van der Waals surface area contributed by atoms with Crippen LogP contribution in [0.2, 0.25) is 0 Å². The molecule has 1 aliphatic rings. The summed E-state index contributed by atoms with van der Waals surface area (Å²) in [6.45, 7) is 0.377. The summed E-state index contributed by atoms with van der Waals surface area (Å²) in [6.07, 6.45) is 7.16. The standard InChI is InChI=1S/C25H28N6O10S/c1-2-3-12-40-41-27-11-5-4-6-17-24(36)30-19(22(26)34)14-42-20-9-7-15(31(38)39)13-16(20)23(35)28-18(25(37)29-17)8-10-21(32)33/h1,7,9,13,17-19,27H,4-6,8,10-11,14H2,(H2,26,34)(H,28,35)(H,29,37)(H,30,36)(H,32,33)/p+1/t17?,18-,19-/m0/s1. The first-order chi connectivity index (χ1) is 20.0. The number of rotatable bonds is 12. The van der Waals surface area contributed by atoms with Gasteiger partial charge in [-0.25, -0.2) is 4.89 Å². The van der Waals surface area contributed by atoms with E-state index in [1.807, 2.05) is 5.92 Å². The molecule has 0 bridgehead atoms. The van der Waals surface area contributed by atoms with Crippen molar-refractivity contribution in [1.29, 1.82) is 0 Å². The maximum atomic E-state index is 13.2. The third kappa shape index (κ3) is 11.0. The van der Waals surface area contributed by atoms with Crippen LogP contribution in [0.15, 0.2) is 23.1 Å². The summed E-state index contributed by atoms with van der Waals surface area (Å²) in [7, 11) is 0. The number of primary amides is 1. The van der Waals surface area contributed by atoms with E-state index < -0.39 is 64.8 Å². The van der Waals surface area contributed by atoms with Gasteiger partial charge in [0.2, 0.25) is 17.7 Å². The van der Waals surface area contributed by atoms with Crippen LogP contribution in [0.3, 0.4) is 0 Å². The first-order valence-corrected chi connectivity index (χ1v) is 13.5. The zero-order chi connectivity index (χ0) is 31.1. The molecule has 8 N–H and O–H groups in total. The predicted octanol–water partition coefficient (Wildman–Crippen LogP) is -1.69. The van der Waals surface area contributed by atoms with Crippen molar-refractivity contribution in [3.63, 3.8) is 0 Å². The van der Waals surface area contributed by atoms with Crippen molar-refractivity contribution in [3.8, 4) is 24.4 Å². The highest BCUT2D eigenvalue weighted by molar-refractivity contribution is 7.99. The number of nitrogens with zero attached hydrogens (tertiary/aromatic N) is 1. The van der Waals surface area contributed by atoms with Gasteiger partial charge in [0.05, 0.1) is 10.5 Å². The number of carbonyl (C=O) groups excluding carboxylic acids is 4. The van der Waals surface area contributed by atoms with Crippen LogP contribution in [-0.4, -0.2) is 70.1 Å². The number of benzene rings is 1. The van der Waals surface area contributed by atoms with E-state index in [1.165, 1.54) is 11.5 Å². The lowest BCUT2D eigenvalue weighted by molar-refractivity contribution is -0.960. The number of carboxylic acid groups (broad SMARTS) is 1. The number of nitrogens with one attached hydrogen (secondary N) is 3. The smallest absolute Gasteiger partial charge is 0.303 e. The van der Waals surface area contributed by atoms with E-state index in [0.29, 0.717) is 19.4 Å². The summed E-state index contributed by atoms with van der Waals surface area (Å²) < 4.78 is 0. The monoisotopic (exact) mass is 605 g/mol. The second-order valence-corrected chi connectivity index (χ2v) is 9.80. The molecule has 16 nitrogen and oxygen atoms in total. The number of nitro groups is 1. The van der Waals surface area contributed by atoms with Gasteiger partial charge in [-0.05, 0) is 37.7 Å². The van der Waals surface area contributed by atoms with Gasteiger partial charge in [0.25, 0.3) is 11.6 Å². The van der Waals surface area contributed by atoms with Crippen LogP contribution < -0.4 is 27.2 Å². The van der Waals surface area contributed by atoms with Crippen molar-refractivity contribution >= 4 is 47.0 Å². The Kier molecular flexibility index (Phi) is 13.6. The van der Waals surface area contributed by atoms with Gasteiger partial charge < -0.3 is 26.8 Å². The Morgan fingerprint density at radius 3 is 2.55 bits per heavy atom. The summed E-state index contributed by atoms with van der Waals surface area (Å²) in [5, 5.41) is 27.9. The van der Waals surface area contributed by atoms with Crippen molar-refractivity contribution in [2.45, 2.75) is 55.1 Å². The summed E-state index contributed by atoms with van der Waals surface area (Å²) in [6, 6.07) is -0.371. The Bertz CT molecular complexity index is 1300. The molecule has 1 aliphatic heterocycles. The van der Waals surface area contributed by atoms with Crippen molar-refractivity contribution in [3.05, 3.63) is 33.9 Å². The van der Waals surface area contributed by atoms with Gasteiger partial charge in [-0.3, -0.25) is 34.1 Å². The summed E-state index contributed by atoms with van der Waals surface area (Å²) in [5.41, 5.74) is 6.21. The number of hydrogen-bond acceptors (Lipinski definition) is 10. The average Bonchev–Trinajstić information content (AvgIpc) is 2.95. The number of non-ortho nitro benzene ring substituents is 1. The number of fused-ring (bicyclic) bond motifs is 1. The highest BCUT2D eigenvalue weighted by atomic mass is 32.2. The maximum Gasteiger partial charge on any atom is 0.303 e. The van der Waals surface area contributed by atoms with Gasteiger partial charge in [-0.1, -0.05) is 0 Å².